The van der Waals surface area contributed by atoms with Gasteiger partial charge in [-0.05, 0) is 32.9 Å². The highest BCUT2D eigenvalue weighted by Crippen LogP contribution is 2.56. The molecule has 208 valence electrons. The number of aryl methyl sites for hydroxylation is 1. The summed E-state index contributed by atoms with van der Waals surface area (Å²) in [5, 5.41) is 0. The second-order valence-electron chi connectivity index (χ2n) is 9.49. The summed E-state index contributed by atoms with van der Waals surface area (Å²) < 4.78 is 16.0. The number of carbonyl (C=O) groups is 4. The zero-order chi connectivity index (χ0) is 29.4. The molecule has 0 spiro atoms. The summed E-state index contributed by atoms with van der Waals surface area (Å²) in [6.07, 6.45) is -1.20. The van der Waals surface area contributed by atoms with Gasteiger partial charge in [0.05, 0.1) is 34.5 Å². The molecular formula is C29H27NO7S3. The molecule has 1 atom stereocenters. The number of ether oxygens (including phenoxy) is 3. The molecule has 40 heavy (non-hydrogen) atoms. The quantitative estimate of drug-likeness (QED) is 0.190. The molecule has 0 aromatic heterocycles. The molecule has 0 N–H and O–H groups in total. The van der Waals surface area contributed by atoms with Crippen LogP contribution in [0.25, 0.3) is 5.57 Å². The third kappa shape index (κ3) is 5.33. The molecule has 2 heterocycles. The summed E-state index contributed by atoms with van der Waals surface area (Å²) >= 11 is 8.20. The summed E-state index contributed by atoms with van der Waals surface area (Å²) in [6.45, 7) is 6.80. The van der Waals surface area contributed by atoms with E-state index in [1.165, 1.54) is 21.1 Å². The molecular weight excluding hydrogens is 571 g/mol. The number of esters is 3. The average Bonchev–Trinajstić information content (AvgIpc) is 3.37. The van der Waals surface area contributed by atoms with Crippen LogP contribution in [0.15, 0.2) is 62.6 Å². The highest BCUT2D eigenvalue weighted by Gasteiger charge is 2.48. The third-order valence-corrected chi connectivity index (χ3v) is 9.64. The van der Waals surface area contributed by atoms with E-state index in [0.29, 0.717) is 31.5 Å². The average molecular weight is 598 g/mol. The Kier molecular flexibility index (Phi) is 8.57. The second kappa shape index (κ2) is 11.6. The lowest BCUT2D eigenvalue weighted by Gasteiger charge is -2.46. The summed E-state index contributed by atoms with van der Waals surface area (Å²) in [5.74, 6) is -2.38. The molecule has 0 fully saturated rings. The summed E-state index contributed by atoms with van der Waals surface area (Å²) in [7, 11) is 2.48. The molecule has 2 aliphatic rings. The highest BCUT2D eigenvalue weighted by atomic mass is 32.2. The van der Waals surface area contributed by atoms with E-state index >= 15 is 0 Å². The molecule has 2 aromatic rings. The number of nitrogens with zero attached hydrogens (tertiary/aromatic N) is 1. The largest absolute Gasteiger partial charge is 0.465 e. The highest BCUT2D eigenvalue weighted by molar-refractivity contribution is 8.29. The molecule has 0 bridgehead atoms. The zero-order valence-electron chi connectivity index (χ0n) is 22.7. The molecule has 2 aromatic carbocycles. The molecule has 1 amide bonds. The Morgan fingerprint density at radius 3 is 2.02 bits per heavy atom. The van der Waals surface area contributed by atoms with Crippen LogP contribution in [-0.2, 0) is 33.4 Å². The number of rotatable bonds is 5. The Morgan fingerprint density at radius 2 is 1.50 bits per heavy atom. The first-order valence-electron chi connectivity index (χ1n) is 12.1. The van der Waals surface area contributed by atoms with E-state index in [-0.39, 0.29) is 9.81 Å². The van der Waals surface area contributed by atoms with E-state index in [0.717, 1.165) is 29.1 Å². The normalized spacial score (nSPS) is 16.9. The van der Waals surface area contributed by atoms with Crippen molar-refractivity contribution in [2.75, 3.05) is 19.1 Å². The van der Waals surface area contributed by atoms with E-state index < -0.39 is 35.5 Å². The van der Waals surface area contributed by atoms with Crippen LogP contribution in [-0.4, -0.2) is 48.4 Å². The lowest BCUT2D eigenvalue weighted by Crippen LogP contribution is -2.57. The molecule has 2 aliphatic heterocycles. The van der Waals surface area contributed by atoms with E-state index in [1.807, 2.05) is 45.0 Å². The fourth-order valence-corrected chi connectivity index (χ4v) is 7.53. The minimum absolute atomic E-state index is 0.106. The number of anilines is 1. The summed E-state index contributed by atoms with van der Waals surface area (Å²) in [5.41, 5.74) is 2.20. The Labute approximate surface area is 246 Å². The Bertz CT molecular complexity index is 1460. The van der Waals surface area contributed by atoms with Crippen molar-refractivity contribution in [3.63, 3.8) is 0 Å². The van der Waals surface area contributed by atoms with Gasteiger partial charge in [-0.15, -0.1) is 0 Å². The Morgan fingerprint density at radius 1 is 0.925 bits per heavy atom. The van der Waals surface area contributed by atoms with Crippen LogP contribution < -0.4 is 4.90 Å². The summed E-state index contributed by atoms with van der Waals surface area (Å²) in [6, 6.07) is 14.4. The number of carbonyl (C=O) groups excluding carboxylic acids is 4. The first kappa shape index (κ1) is 29.6. The van der Waals surface area contributed by atoms with Crippen molar-refractivity contribution in [3.05, 3.63) is 79.3 Å². The molecule has 0 aliphatic carbocycles. The van der Waals surface area contributed by atoms with Crippen molar-refractivity contribution in [2.45, 2.75) is 39.3 Å². The SMILES string of the molecule is COC(=O)C1=C(C(=O)OC)SC(=C2C(=S)C(C)(C)N(C(=O)C(OC(C)=O)c3ccccc3)c3ccc(C)cc32)S1. The number of benzene rings is 2. The number of methoxy groups -OCH3 is 2. The third-order valence-electron chi connectivity index (χ3n) is 6.38. The van der Waals surface area contributed by atoms with Gasteiger partial charge in [0.25, 0.3) is 5.91 Å². The van der Waals surface area contributed by atoms with Gasteiger partial charge in [-0.1, -0.05) is 77.7 Å². The first-order chi connectivity index (χ1) is 18.9. The van der Waals surface area contributed by atoms with Gasteiger partial charge in [-0.2, -0.15) is 0 Å². The van der Waals surface area contributed by atoms with Gasteiger partial charge in [-0.25, -0.2) is 9.59 Å². The Hall–Kier alpha value is -3.41. The molecule has 0 saturated heterocycles. The van der Waals surface area contributed by atoms with Gasteiger partial charge in [0, 0.05) is 23.6 Å². The van der Waals surface area contributed by atoms with Crippen molar-refractivity contribution >= 4 is 75.7 Å². The van der Waals surface area contributed by atoms with Crippen LogP contribution >= 0.6 is 35.7 Å². The van der Waals surface area contributed by atoms with Crippen LogP contribution in [0.4, 0.5) is 5.69 Å². The van der Waals surface area contributed by atoms with E-state index in [9.17, 15) is 19.2 Å². The van der Waals surface area contributed by atoms with Crippen molar-refractivity contribution in [2.24, 2.45) is 0 Å². The lowest BCUT2D eigenvalue weighted by molar-refractivity contribution is -0.153. The maximum Gasteiger partial charge on any atom is 0.346 e. The van der Waals surface area contributed by atoms with Gasteiger partial charge in [0.15, 0.2) is 0 Å². The van der Waals surface area contributed by atoms with Crippen LogP contribution in [0.2, 0.25) is 0 Å². The molecule has 4 rings (SSSR count). The van der Waals surface area contributed by atoms with Crippen LogP contribution in [0.5, 0.6) is 0 Å². The number of amides is 1. The number of hydrogen-bond donors (Lipinski definition) is 0. The van der Waals surface area contributed by atoms with Crippen molar-refractivity contribution in [1.82, 2.24) is 0 Å². The molecule has 0 radical (unpaired) electrons. The molecule has 0 saturated carbocycles. The van der Waals surface area contributed by atoms with Crippen molar-refractivity contribution in [1.29, 1.82) is 0 Å². The smallest absolute Gasteiger partial charge is 0.346 e. The summed E-state index contributed by atoms with van der Waals surface area (Å²) in [4.78, 5) is 53.6. The minimum atomic E-state index is -1.20. The van der Waals surface area contributed by atoms with E-state index in [4.69, 9.17) is 26.4 Å². The van der Waals surface area contributed by atoms with Gasteiger partial charge >= 0.3 is 17.9 Å². The number of thioether (sulfide) groups is 2. The van der Waals surface area contributed by atoms with Crippen LogP contribution in [0.1, 0.15) is 43.6 Å². The van der Waals surface area contributed by atoms with Crippen molar-refractivity contribution in [3.8, 4) is 0 Å². The maximum atomic E-state index is 14.3. The number of fused-ring (bicyclic) bond motifs is 1. The number of thiocarbonyl (C=S) groups is 1. The first-order valence-corrected chi connectivity index (χ1v) is 14.2. The minimum Gasteiger partial charge on any atom is -0.465 e. The predicted molar refractivity (Wildman–Crippen MR) is 159 cm³/mol. The standard InChI is InChI=1S/C29H27NO7S3/c1-15-12-13-19-18(14-15)20(28-39-22(26(33)35-5)23(40-28)27(34)36-6)24(38)29(3,4)30(19)25(32)21(37-16(2)31)17-10-8-7-9-11-17/h7-14,21H,1-6H3. The zero-order valence-corrected chi connectivity index (χ0v) is 25.2. The second-order valence-corrected chi connectivity index (χ2v) is 12.2. The van der Waals surface area contributed by atoms with E-state index in [2.05, 4.69) is 0 Å². The maximum absolute atomic E-state index is 14.3. The molecule has 1 unspecified atom stereocenters. The lowest BCUT2D eigenvalue weighted by atomic mass is 9.82. The fraction of sp³-hybridized carbons (Fsp3) is 0.276. The molecule has 8 nitrogen and oxygen atoms in total. The van der Waals surface area contributed by atoms with Crippen LogP contribution in [0, 0.1) is 6.92 Å². The van der Waals surface area contributed by atoms with Gasteiger partial charge in [-0.3, -0.25) is 14.5 Å². The van der Waals surface area contributed by atoms with Gasteiger partial charge < -0.3 is 14.2 Å². The van der Waals surface area contributed by atoms with Gasteiger partial charge in [0.1, 0.15) is 9.81 Å². The Balaban J connectivity index is 1.91. The number of hydrogen-bond acceptors (Lipinski definition) is 10. The van der Waals surface area contributed by atoms with Crippen LogP contribution in [0.3, 0.4) is 0 Å². The van der Waals surface area contributed by atoms with Crippen molar-refractivity contribution < 1.29 is 33.4 Å². The topological polar surface area (TPSA) is 99.2 Å². The molecule has 11 heteroatoms. The van der Waals surface area contributed by atoms with E-state index in [1.54, 1.807) is 29.2 Å². The van der Waals surface area contributed by atoms with Gasteiger partial charge in [0.2, 0.25) is 6.10 Å². The monoisotopic (exact) mass is 597 g/mol. The fourth-order valence-electron chi connectivity index (χ4n) is 4.50. The predicted octanol–water partition coefficient (Wildman–Crippen LogP) is 5.50.